The zero-order valence-corrected chi connectivity index (χ0v) is 8.81. The molecule has 14 heavy (non-hydrogen) atoms. The monoisotopic (exact) mass is 230 g/mol. The highest BCUT2D eigenvalue weighted by molar-refractivity contribution is 6.67. The fraction of sp³-hybridized carbons (Fsp3) is 0.200. The number of hydrogen-bond acceptors (Lipinski definition) is 2. The van der Waals surface area contributed by atoms with Gasteiger partial charge in [0.2, 0.25) is 0 Å². The molecular weight excluding hydrogens is 223 g/mol. The van der Waals surface area contributed by atoms with Gasteiger partial charge in [-0.05, 0) is 23.2 Å². The Kier molecular flexibility index (Phi) is 4.11. The number of carbonyl (C=O) groups is 2. The molecule has 0 unspecified atom stereocenters. The summed E-state index contributed by atoms with van der Waals surface area (Å²) in [4.78, 5) is 22.0. The molecule has 0 aliphatic rings. The first-order valence-electron chi connectivity index (χ1n) is 4.00. The Labute approximate surface area is 91.8 Å². The van der Waals surface area contributed by atoms with Crippen molar-refractivity contribution in [2.45, 2.75) is 6.42 Å². The number of carbonyl (C=O) groups excluding carboxylic acids is 2. The number of halogens is 2. The maximum absolute atomic E-state index is 11.1. The van der Waals surface area contributed by atoms with Crippen LogP contribution >= 0.6 is 23.2 Å². The molecule has 0 aliphatic heterocycles. The summed E-state index contributed by atoms with van der Waals surface area (Å²) in [5, 5.41) is -0.553. The molecule has 1 aromatic carbocycles. The van der Waals surface area contributed by atoms with Crippen LogP contribution in [0, 0.1) is 0 Å². The van der Waals surface area contributed by atoms with Crippen molar-refractivity contribution in [1.29, 1.82) is 0 Å². The Morgan fingerprint density at radius 3 is 2.43 bits per heavy atom. The van der Waals surface area contributed by atoms with Gasteiger partial charge in [0.05, 0.1) is 5.88 Å². The van der Waals surface area contributed by atoms with Crippen LogP contribution in [0.1, 0.15) is 15.9 Å². The van der Waals surface area contributed by atoms with E-state index in [-0.39, 0.29) is 18.1 Å². The fourth-order valence-corrected chi connectivity index (χ4v) is 1.40. The van der Waals surface area contributed by atoms with Crippen molar-refractivity contribution in [2.75, 3.05) is 5.88 Å². The van der Waals surface area contributed by atoms with E-state index in [0.29, 0.717) is 11.1 Å². The highest BCUT2D eigenvalue weighted by Crippen LogP contribution is 2.12. The topological polar surface area (TPSA) is 34.1 Å². The number of hydrogen-bond donors (Lipinski definition) is 0. The van der Waals surface area contributed by atoms with Gasteiger partial charge in [-0.2, -0.15) is 0 Å². The second-order valence-electron chi connectivity index (χ2n) is 2.78. The van der Waals surface area contributed by atoms with E-state index in [2.05, 4.69) is 0 Å². The van der Waals surface area contributed by atoms with Crippen molar-refractivity contribution in [3.8, 4) is 0 Å². The summed E-state index contributed by atoms with van der Waals surface area (Å²) in [6.07, 6.45) is 0.151. The van der Waals surface area contributed by atoms with E-state index in [4.69, 9.17) is 23.2 Å². The van der Waals surface area contributed by atoms with E-state index < -0.39 is 5.24 Å². The molecule has 0 saturated heterocycles. The third kappa shape index (κ3) is 2.82. The van der Waals surface area contributed by atoms with Crippen molar-refractivity contribution in [3.63, 3.8) is 0 Å². The quantitative estimate of drug-likeness (QED) is 0.589. The minimum absolute atomic E-state index is 0.0508. The SMILES string of the molecule is O=C(CCl)Cc1ccccc1C(=O)Cl. The Bertz CT molecular complexity index is 361. The predicted octanol–water partition coefficient (Wildman–Crippen LogP) is 2.42. The van der Waals surface area contributed by atoms with Gasteiger partial charge in [-0.15, -0.1) is 11.6 Å². The molecule has 0 aromatic heterocycles. The first-order chi connectivity index (χ1) is 6.65. The smallest absolute Gasteiger partial charge is 0.252 e. The minimum Gasteiger partial charge on any atom is -0.298 e. The van der Waals surface area contributed by atoms with E-state index in [1.807, 2.05) is 0 Å². The molecule has 0 aliphatic carbocycles. The summed E-state index contributed by atoms with van der Waals surface area (Å²) < 4.78 is 0. The number of alkyl halides is 1. The maximum Gasteiger partial charge on any atom is 0.252 e. The molecule has 4 heteroatoms. The van der Waals surface area contributed by atoms with Crippen LogP contribution in [-0.2, 0) is 11.2 Å². The molecule has 74 valence electrons. The molecular formula is C10H8Cl2O2. The van der Waals surface area contributed by atoms with Crippen molar-refractivity contribution >= 4 is 34.2 Å². The minimum atomic E-state index is -0.553. The van der Waals surface area contributed by atoms with Gasteiger partial charge in [0, 0.05) is 12.0 Å². The predicted molar refractivity (Wildman–Crippen MR) is 56.1 cm³/mol. The average Bonchev–Trinajstić information content (AvgIpc) is 2.18. The summed E-state index contributed by atoms with van der Waals surface area (Å²) in [5.41, 5.74) is 0.991. The van der Waals surface area contributed by atoms with Crippen molar-refractivity contribution in [3.05, 3.63) is 35.4 Å². The van der Waals surface area contributed by atoms with Crippen LogP contribution in [0.15, 0.2) is 24.3 Å². The molecule has 0 saturated carbocycles. The average molecular weight is 231 g/mol. The summed E-state index contributed by atoms with van der Waals surface area (Å²) in [6, 6.07) is 6.73. The van der Waals surface area contributed by atoms with Gasteiger partial charge >= 0.3 is 0 Å². The van der Waals surface area contributed by atoms with Crippen LogP contribution in [0.5, 0.6) is 0 Å². The van der Waals surface area contributed by atoms with Gasteiger partial charge in [-0.3, -0.25) is 9.59 Å². The molecule has 0 spiro atoms. The number of Topliss-reactive ketones (excluding diaryl/α,β-unsaturated/α-hetero) is 1. The Morgan fingerprint density at radius 2 is 1.86 bits per heavy atom. The van der Waals surface area contributed by atoms with Crippen LogP contribution < -0.4 is 0 Å². The second kappa shape index (κ2) is 5.13. The van der Waals surface area contributed by atoms with Crippen LogP contribution in [0.4, 0.5) is 0 Å². The van der Waals surface area contributed by atoms with Gasteiger partial charge in [0.25, 0.3) is 5.24 Å². The largest absolute Gasteiger partial charge is 0.298 e. The lowest BCUT2D eigenvalue weighted by atomic mass is 10.0. The summed E-state index contributed by atoms with van der Waals surface area (Å²) in [6.45, 7) is 0. The normalized spacial score (nSPS) is 9.86. The molecule has 0 N–H and O–H groups in total. The molecule has 0 radical (unpaired) electrons. The molecule has 0 amide bonds. The first-order valence-corrected chi connectivity index (χ1v) is 4.91. The zero-order chi connectivity index (χ0) is 10.6. The third-order valence-electron chi connectivity index (χ3n) is 1.77. The van der Waals surface area contributed by atoms with Crippen LogP contribution in [0.3, 0.4) is 0 Å². The lowest BCUT2D eigenvalue weighted by molar-refractivity contribution is -0.116. The van der Waals surface area contributed by atoms with Gasteiger partial charge in [0.15, 0.2) is 5.78 Å². The molecule has 0 atom stereocenters. The van der Waals surface area contributed by atoms with E-state index in [9.17, 15) is 9.59 Å². The van der Waals surface area contributed by atoms with Gasteiger partial charge < -0.3 is 0 Å². The zero-order valence-electron chi connectivity index (χ0n) is 7.30. The lowest BCUT2D eigenvalue weighted by Gasteiger charge is -2.03. The highest BCUT2D eigenvalue weighted by atomic mass is 35.5. The Balaban J connectivity index is 2.95. The highest BCUT2D eigenvalue weighted by Gasteiger charge is 2.10. The summed E-state index contributed by atoms with van der Waals surface area (Å²) in [5.74, 6) is -0.179. The number of ketones is 1. The van der Waals surface area contributed by atoms with Crippen molar-refractivity contribution < 1.29 is 9.59 Å². The van der Waals surface area contributed by atoms with E-state index >= 15 is 0 Å². The second-order valence-corrected chi connectivity index (χ2v) is 3.39. The summed E-state index contributed by atoms with van der Waals surface area (Å²) >= 11 is 10.7. The molecule has 0 heterocycles. The first kappa shape index (κ1) is 11.2. The van der Waals surface area contributed by atoms with E-state index in [0.717, 1.165) is 0 Å². The van der Waals surface area contributed by atoms with Crippen molar-refractivity contribution in [1.82, 2.24) is 0 Å². The van der Waals surface area contributed by atoms with Crippen LogP contribution in [0.25, 0.3) is 0 Å². The Morgan fingerprint density at radius 1 is 1.21 bits per heavy atom. The van der Waals surface area contributed by atoms with Gasteiger partial charge in [-0.25, -0.2) is 0 Å². The lowest BCUT2D eigenvalue weighted by Crippen LogP contribution is -2.07. The molecule has 0 bridgehead atoms. The van der Waals surface area contributed by atoms with Crippen LogP contribution in [-0.4, -0.2) is 16.9 Å². The molecule has 2 nitrogen and oxygen atoms in total. The molecule has 0 fully saturated rings. The van der Waals surface area contributed by atoms with E-state index in [1.54, 1.807) is 24.3 Å². The summed E-state index contributed by atoms with van der Waals surface area (Å²) in [7, 11) is 0. The maximum atomic E-state index is 11.1. The van der Waals surface area contributed by atoms with Crippen LogP contribution in [0.2, 0.25) is 0 Å². The Hall–Kier alpha value is -0.860. The molecule has 1 aromatic rings. The van der Waals surface area contributed by atoms with Gasteiger partial charge in [0.1, 0.15) is 0 Å². The number of benzene rings is 1. The van der Waals surface area contributed by atoms with Crippen molar-refractivity contribution in [2.24, 2.45) is 0 Å². The fourth-order valence-electron chi connectivity index (χ4n) is 1.13. The third-order valence-corrected chi connectivity index (χ3v) is 2.27. The van der Waals surface area contributed by atoms with Gasteiger partial charge in [-0.1, -0.05) is 18.2 Å². The number of rotatable bonds is 4. The molecule has 1 rings (SSSR count). The van der Waals surface area contributed by atoms with E-state index in [1.165, 1.54) is 0 Å². The standard InChI is InChI=1S/C10H8Cl2O2/c11-6-8(13)5-7-3-1-2-4-9(7)10(12)14/h1-4H,5-6H2.